The Kier molecular flexibility index (Phi) is 39.2. The van der Waals surface area contributed by atoms with Crippen molar-refractivity contribution in [2.45, 2.75) is 230 Å². The summed E-state index contributed by atoms with van der Waals surface area (Å²) in [5.41, 5.74) is 0. The molecule has 65 heavy (non-hydrogen) atoms. The first-order valence-electron chi connectivity index (χ1n) is 25.3. The van der Waals surface area contributed by atoms with Gasteiger partial charge in [0.25, 0.3) is 0 Å². The Morgan fingerprint density at radius 3 is 1.40 bits per heavy atom. The average Bonchev–Trinajstić information content (AvgIpc) is 3.29. The summed E-state index contributed by atoms with van der Waals surface area (Å²) in [5.74, 6) is -0.492. The van der Waals surface area contributed by atoms with E-state index < -0.39 is 63.1 Å². The number of aliphatic hydroxyl groups is 5. The third-order valence-corrected chi connectivity index (χ3v) is 12.3. The Hall–Kier alpha value is -2.22. The number of allylic oxidation sites excluding steroid dienone is 12. The lowest BCUT2D eigenvalue weighted by molar-refractivity contribution is -0.220. The highest BCUT2D eigenvalue weighted by molar-refractivity contribution is 7.47. The third kappa shape index (κ3) is 33.8. The van der Waals surface area contributed by atoms with E-state index in [1.165, 1.54) is 51.4 Å². The van der Waals surface area contributed by atoms with Crippen LogP contribution >= 0.6 is 7.82 Å². The van der Waals surface area contributed by atoms with Crippen LogP contribution in [-0.2, 0) is 27.9 Å². The topological polar surface area (TPSA) is 192 Å². The molecule has 0 aromatic rings. The van der Waals surface area contributed by atoms with Gasteiger partial charge in [-0.1, -0.05) is 170 Å². The van der Waals surface area contributed by atoms with Gasteiger partial charge in [0.1, 0.15) is 42.7 Å². The van der Waals surface area contributed by atoms with Gasteiger partial charge in [0.2, 0.25) is 0 Å². The third-order valence-electron chi connectivity index (χ3n) is 11.3. The minimum Gasteiger partial charge on any atom is -0.457 e. The summed E-state index contributed by atoms with van der Waals surface area (Å²) in [6.45, 7) is 4.11. The first-order chi connectivity index (χ1) is 31.5. The number of phosphoric acid groups is 1. The van der Waals surface area contributed by atoms with E-state index in [2.05, 4.69) is 86.8 Å². The molecule has 6 N–H and O–H groups in total. The zero-order chi connectivity index (χ0) is 47.6. The van der Waals surface area contributed by atoms with Gasteiger partial charge in [0.15, 0.2) is 0 Å². The van der Waals surface area contributed by atoms with Gasteiger partial charge in [0, 0.05) is 13.0 Å². The average molecular weight is 939 g/mol. The predicted molar refractivity (Wildman–Crippen MR) is 262 cm³/mol. The Bertz CT molecular complexity index is 1350. The number of esters is 1. The quantitative estimate of drug-likeness (QED) is 0.0147. The smallest absolute Gasteiger partial charge is 0.457 e. The number of aliphatic hydroxyl groups excluding tert-OH is 5. The lowest BCUT2D eigenvalue weighted by atomic mass is 9.85. The van der Waals surface area contributed by atoms with Crippen molar-refractivity contribution in [3.05, 3.63) is 72.9 Å². The zero-order valence-corrected chi connectivity index (χ0v) is 41.2. The molecule has 6 atom stereocenters. The van der Waals surface area contributed by atoms with Gasteiger partial charge >= 0.3 is 13.8 Å². The van der Waals surface area contributed by atoms with E-state index in [-0.39, 0.29) is 13.0 Å². The maximum atomic E-state index is 12.8. The van der Waals surface area contributed by atoms with E-state index in [0.29, 0.717) is 13.0 Å². The molecule has 0 amide bonds. The molecule has 0 aromatic carbocycles. The van der Waals surface area contributed by atoms with E-state index in [9.17, 15) is 39.8 Å². The largest absolute Gasteiger partial charge is 0.472 e. The van der Waals surface area contributed by atoms with Crippen LogP contribution in [0.15, 0.2) is 72.9 Å². The van der Waals surface area contributed by atoms with Crippen LogP contribution in [0.25, 0.3) is 0 Å². The summed E-state index contributed by atoms with van der Waals surface area (Å²) in [6, 6.07) is 0. The van der Waals surface area contributed by atoms with Crippen molar-refractivity contribution in [3.63, 3.8) is 0 Å². The van der Waals surface area contributed by atoms with E-state index in [4.69, 9.17) is 18.5 Å². The summed E-state index contributed by atoms with van der Waals surface area (Å²) >= 11 is 0. The lowest BCUT2D eigenvalue weighted by Crippen LogP contribution is -2.64. The fraction of sp³-hybridized carbons (Fsp3) is 0.750. The van der Waals surface area contributed by atoms with Crippen molar-refractivity contribution in [2.24, 2.45) is 0 Å². The Balaban J connectivity index is 2.36. The molecule has 1 fully saturated rings. The van der Waals surface area contributed by atoms with Crippen LogP contribution in [0.2, 0.25) is 0 Å². The number of rotatable bonds is 42. The molecule has 0 heterocycles. The molecule has 0 aliphatic heterocycles. The van der Waals surface area contributed by atoms with Gasteiger partial charge in [-0.15, -0.1) is 0 Å². The zero-order valence-electron chi connectivity index (χ0n) is 40.3. The highest BCUT2D eigenvalue weighted by atomic mass is 31.2. The molecule has 0 bridgehead atoms. The van der Waals surface area contributed by atoms with Gasteiger partial charge in [-0.25, -0.2) is 4.57 Å². The SMILES string of the molecule is CC/C=C\C/C=C\C/C=C\C/C=C\C/C=C\CCCCCCCCCC(=O)OC(COCCCCCCCC/C=C\CCCCCCC)COP(=O)(O)OC1C(O)C(O)C(O)C(O)C1O. The lowest BCUT2D eigenvalue weighted by Gasteiger charge is -2.41. The Labute approximate surface area is 393 Å². The summed E-state index contributed by atoms with van der Waals surface area (Å²) < 4.78 is 34.3. The molecule has 1 aliphatic carbocycles. The van der Waals surface area contributed by atoms with Crippen LogP contribution in [-0.4, -0.2) is 98.9 Å². The standard InChI is InChI=1S/C52H91O12P/c1-3-5-7-9-11-13-15-17-19-20-21-22-23-24-25-26-27-29-31-33-35-37-39-41-46(53)63-45(44-62-65(59,60)64-52-50(57)48(55)47(54)49(56)51(52)58)43-61-42-40-38-36-34-32-30-28-18-16-14-12-10-8-6-4-2/h5,7,11,13,16-19,21-22,24-25,45,47-52,54-58H,3-4,6,8-10,12,14-15,20,23,26-44H2,1-2H3,(H,59,60)/b7-5-,13-11-,18-16-,19-17-,22-21-,25-24-. The van der Waals surface area contributed by atoms with Crippen LogP contribution in [0.3, 0.4) is 0 Å². The van der Waals surface area contributed by atoms with E-state index in [0.717, 1.165) is 109 Å². The van der Waals surface area contributed by atoms with Crippen LogP contribution in [0, 0.1) is 0 Å². The Morgan fingerprint density at radius 1 is 0.508 bits per heavy atom. The number of hydrogen-bond acceptors (Lipinski definition) is 11. The fourth-order valence-corrected chi connectivity index (χ4v) is 8.29. The highest BCUT2D eigenvalue weighted by Crippen LogP contribution is 2.47. The molecule has 12 nitrogen and oxygen atoms in total. The summed E-state index contributed by atoms with van der Waals surface area (Å²) in [4.78, 5) is 23.2. The minimum absolute atomic E-state index is 0.0887. The van der Waals surface area contributed by atoms with Crippen molar-refractivity contribution in [1.82, 2.24) is 0 Å². The Morgan fingerprint density at radius 2 is 0.908 bits per heavy atom. The van der Waals surface area contributed by atoms with Crippen molar-refractivity contribution in [1.29, 1.82) is 0 Å². The maximum Gasteiger partial charge on any atom is 0.472 e. The second-order valence-corrected chi connectivity index (χ2v) is 18.7. The molecule has 0 aromatic heterocycles. The van der Waals surface area contributed by atoms with Crippen molar-refractivity contribution >= 4 is 13.8 Å². The first kappa shape index (κ1) is 60.8. The van der Waals surface area contributed by atoms with Crippen molar-refractivity contribution in [3.8, 4) is 0 Å². The highest BCUT2D eigenvalue weighted by Gasteiger charge is 2.51. The van der Waals surface area contributed by atoms with Gasteiger partial charge < -0.3 is 39.9 Å². The summed E-state index contributed by atoms with van der Waals surface area (Å²) in [7, 11) is -5.03. The number of hydrogen-bond donors (Lipinski definition) is 6. The summed E-state index contributed by atoms with van der Waals surface area (Å²) in [6.07, 6.45) is 42.5. The molecular formula is C52H91O12P. The normalized spacial score (nSPS) is 22.2. The van der Waals surface area contributed by atoms with E-state index in [1.807, 2.05) is 0 Å². The molecule has 0 saturated heterocycles. The number of unbranched alkanes of at least 4 members (excludes halogenated alkanes) is 18. The minimum atomic E-state index is -5.03. The van der Waals surface area contributed by atoms with Crippen LogP contribution in [0.5, 0.6) is 0 Å². The molecule has 0 spiro atoms. The molecular weight excluding hydrogens is 848 g/mol. The van der Waals surface area contributed by atoms with Crippen LogP contribution in [0.4, 0.5) is 0 Å². The van der Waals surface area contributed by atoms with Crippen LogP contribution in [0.1, 0.15) is 187 Å². The number of carbonyl (C=O) groups excluding carboxylic acids is 1. The van der Waals surface area contributed by atoms with Gasteiger partial charge in [-0.3, -0.25) is 13.8 Å². The number of phosphoric ester groups is 1. The van der Waals surface area contributed by atoms with E-state index in [1.54, 1.807) is 0 Å². The molecule has 0 radical (unpaired) electrons. The fourth-order valence-electron chi connectivity index (χ4n) is 7.32. The molecule has 13 heteroatoms. The monoisotopic (exact) mass is 939 g/mol. The van der Waals surface area contributed by atoms with Gasteiger partial charge in [-0.2, -0.15) is 0 Å². The number of ether oxygens (including phenoxy) is 2. The second-order valence-electron chi connectivity index (χ2n) is 17.3. The molecule has 376 valence electrons. The van der Waals surface area contributed by atoms with Crippen molar-refractivity contribution in [2.75, 3.05) is 19.8 Å². The number of carbonyl (C=O) groups is 1. The van der Waals surface area contributed by atoms with Crippen molar-refractivity contribution < 1.29 is 58.3 Å². The van der Waals surface area contributed by atoms with Gasteiger partial charge in [0.05, 0.1) is 13.2 Å². The second kappa shape index (κ2) is 41.9. The van der Waals surface area contributed by atoms with Gasteiger partial charge in [-0.05, 0) is 83.5 Å². The van der Waals surface area contributed by atoms with E-state index >= 15 is 0 Å². The predicted octanol–water partition coefficient (Wildman–Crippen LogP) is 11.1. The molecule has 1 saturated carbocycles. The maximum absolute atomic E-state index is 12.8. The molecule has 6 unspecified atom stereocenters. The summed E-state index contributed by atoms with van der Waals surface area (Å²) in [5, 5.41) is 50.3. The molecule has 1 aliphatic rings. The molecule has 1 rings (SSSR count). The first-order valence-corrected chi connectivity index (χ1v) is 26.8. The van der Waals surface area contributed by atoms with Crippen LogP contribution < -0.4 is 0 Å².